The molecule has 1 saturated carbocycles. The quantitative estimate of drug-likeness (QED) is 0.879. The van der Waals surface area contributed by atoms with E-state index in [9.17, 15) is 5.11 Å². The summed E-state index contributed by atoms with van der Waals surface area (Å²) >= 11 is 1.61. The highest BCUT2D eigenvalue weighted by molar-refractivity contribution is 7.15. The van der Waals surface area contributed by atoms with Crippen LogP contribution in [0.1, 0.15) is 43.4 Å². The van der Waals surface area contributed by atoms with Gasteiger partial charge in [-0.25, -0.2) is 4.98 Å². The van der Waals surface area contributed by atoms with Crippen LogP contribution in [0.15, 0.2) is 0 Å². The molecule has 1 aliphatic carbocycles. The molecule has 0 aromatic carbocycles. The van der Waals surface area contributed by atoms with E-state index in [1.165, 1.54) is 12.8 Å². The number of aliphatic hydroxyl groups excluding tert-OH is 1. The molecule has 16 heavy (non-hydrogen) atoms. The van der Waals surface area contributed by atoms with Crippen LogP contribution in [0, 0.1) is 12.8 Å². The second-order valence-corrected chi connectivity index (χ2v) is 5.82. The van der Waals surface area contributed by atoms with Crippen LogP contribution in [-0.4, -0.2) is 23.2 Å². The van der Waals surface area contributed by atoms with Gasteiger partial charge in [0.1, 0.15) is 0 Å². The van der Waals surface area contributed by atoms with Crippen molar-refractivity contribution < 1.29 is 5.11 Å². The van der Waals surface area contributed by atoms with Crippen LogP contribution in [0.5, 0.6) is 0 Å². The predicted molar refractivity (Wildman–Crippen MR) is 68.1 cm³/mol. The maximum atomic E-state index is 9.61. The number of aliphatic hydroxyl groups is 1. The molecule has 2 atom stereocenters. The first-order valence-corrected chi connectivity index (χ1v) is 6.70. The minimum absolute atomic E-state index is 0.407. The van der Waals surface area contributed by atoms with Gasteiger partial charge in [-0.1, -0.05) is 11.3 Å². The Morgan fingerprint density at radius 1 is 1.44 bits per heavy atom. The van der Waals surface area contributed by atoms with E-state index >= 15 is 0 Å². The Balaban J connectivity index is 2.16. The topological polar surface area (TPSA) is 36.4 Å². The molecule has 1 fully saturated rings. The number of hydrogen-bond acceptors (Lipinski definition) is 4. The third-order valence-electron chi connectivity index (χ3n) is 3.42. The molecule has 0 radical (unpaired) electrons. The third-order valence-corrected chi connectivity index (χ3v) is 4.84. The smallest absolute Gasteiger partial charge is 0.185 e. The van der Waals surface area contributed by atoms with Gasteiger partial charge in [0, 0.05) is 13.1 Å². The van der Waals surface area contributed by atoms with Crippen LogP contribution in [0.25, 0.3) is 0 Å². The van der Waals surface area contributed by atoms with Gasteiger partial charge in [0.25, 0.3) is 0 Å². The number of aryl methyl sites for hydroxylation is 1. The van der Waals surface area contributed by atoms with Crippen molar-refractivity contribution in [1.82, 2.24) is 4.98 Å². The molecule has 1 aliphatic rings. The van der Waals surface area contributed by atoms with Gasteiger partial charge in [-0.15, -0.1) is 0 Å². The van der Waals surface area contributed by atoms with Crippen LogP contribution in [0.2, 0.25) is 0 Å². The van der Waals surface area contributed by atoms with Gasteiger partial charge in [-0.2, -0.15) is 0 Å². The van der Waals surface area contributed by atoms with Gasteiger partial charge in [0.2, 0.25) is 0 Å². The molecule has 0 bridgehead atoms. The van der Waals surface area contributed by atoms with E-state index in [0.717, 1.165) is 21.6 Å². The molecule has 90 valence electrons. The lowest BCUT2D eigenvalue weighted by atomic mass is 10.2. The van der Waals surface area contributed by atoms with Gasteiger partial charge in [-0.3, -0.25) is 0 Å². The van der Waals surface area contributed by atoms with Crippen LogP contribution in [0.4, 0.5) is 5.13 Å². The normalized spacial score (nSPS) is 19.6. The number of nitrogens with zero attached hydrogens (tertiary/aromatic N) is 2. The van der Waals surface area contributed by atoms with Crippen molar-refractivity contribution >= 4 is 16.5 Å². The second-order valence-electron chi connectivity index (χ2n) is 4.81. The highest BCUT2D eigenvalue weighted by Gasteiger charge is 2.31. The highest BCUT2D eigenvalue weighted by Crippen LogP contribution is 2.38. The van der Waals surface area contributed by atoms with E-state index in [1.807, 2.05) is 6.92 Å². The molecule has 0 spiro atoms. The summed E-state index contributed by atoms with van der Waals surface area (Å²) in [5.41, 5.74) is 0.963. The lowest BCUT2D eigenvalue weighted by molar-refractivity contribution is 0.202. The Morgan fingerprint density at radius 3 is 2.50 bits per heavy atom. The second kappa shape index (κ2) is 4.34. The van der Waals surface area contributed by atoms with E-state index < -0.39 is 6.10 Å². The first-order valence-electron chi connectivity index (χ1n) is 5.89. The first-order chi connectivity index (χ1) is 7.50. The van der Waals surface area contributed by atoms with Crippen molar-refractivity contribution in [3.8, 4) is 0 Å². The Labute approximate surface area is 101 Å². The van der Waals surface area contributed by atoms with E-state index in [-0.39, 0.29) is 0 Å². The fourth-order valence-electron chi connectivity index (χ4n) is 2.00. The zero-order valence-corrected chi connectivity index (χ0v) is 11.2. The van der Waals surface area contributed by atoms with Gasteiger partial charge in [0.15, 0.2) is 5.13 Å². The third kappa shape index (κ3) is 2.23. The summed E-state index contributed by atoms with van der Waals surface area (Å²) in [4.78, 5) is 7.79. The number of rotatable bonds is 4. The zero-order valence-electron chi connectivity index (χ0n) is 10.4. The van der Waals surface area contributed by atoms with Crippen molar-refractivity contribution in [3.05, 3.63) is 10.6 Å². The largest absolute Gasteiger partial charge is 0.388 e. The van der Waals surface area contributed by atoms with Crippen LogP contribution >= 0.6 is 11.3 Å². The lowest BCUT2D eigenvalue weighted by Gasteiger charge is -2.23. The molecule has 2 unspecified atom stereocenters. The summed E-state index contributed by atoms with van der Waals surface area (Å²) in [5.74, 6) is 0.837. The van der Waals surface area contributed by atoms with Crippen LogP contribution in [0.3, 0.4) is 0 Å². The molecule has 0 saturated heterocycles. The van der Waals surface area contributed by atoms with Gasteiger partial charge >= 0.3 is 0 Å². The Bertz CT molecular complexity index is 371. The molecule has 3 nitrogen and oxygen atoms in total. The molecule has 1 N–H and O–H groups in total. The fourth-order valence-corrected chi connectivity index (χ4v) is 3.05. The van der Waals surface area contributed by atoms with Crippen molar-refractivity contribution in [2.45, 2.75) is 45.8 Å². The molecule has 4 heteroatoms. The summed E-state index contributed by atoms with van der Waals surface area (Å²) in [5, 5.41) is 10.6. The summed E-state index contributed by atoms with van der Waals surface area (Å²) in [7, 11) is 2.10. The minimum atomic E-state index is -0.407. The lowest BCUT2D eigenvalue weighted by Crippen LogP contribution is -2.30. The number of aromatic nitrogens is 1. The van der Waals surface area contributed by atoms with Gasteiger partial charge in [0.05, 0.1) is 16.7 Å². The molecular weight excluding hydrogens is 220 g/mol. The molecule has 0 aliphatic heterocycles. The average Bonchev–Trinajstić information content (AvgIpc) is 2.99. The maximum absolute atomic E-state index is 9.61. The number of hydrogen-bond donors (Lipinski definition) is 1. The maximum Gasteiger partial charge on any atom is 0.185 e. The fraction of sp³-hybridized carbons (Fsp3) is 0.750. The van der Waals surface area contributed by atoms with Gasteiger partial charge < -0.3 is 10.0 Å². The molecule has 1 heterocycles. The molecule has 1 aromatic rings. The van der Waals surface area contributed by atoms with Crippen molar-refractivity contribution in [2.75, 3.05) is 11.9 Å². The van der Waals surface area contributed by atoms with E-state index in [1.54, 1.807) is 18.3 Å². The first kappa shape index (κ1) is 11.9. The number of anilines is 1. The van der Waals surface area contributed by atoms with Crippen molar-refractivity contribution in [1.29, 1.82) is 0 Å². The highest BCUT2D eigenvalue weighted by atomic mass is 32.1. The standard InChI is InChI=1S/C12H20N2OS/c1-7-11(9(3)15)16-12(13-7)14(4)8(2)10-5-6-10/h8-10,15H,5-6H2,1-4H3. The van der Waals surface area contributed by atoms with Gasteiger partial charge in [-0.05, 0) is 39.5 Å². The van der Waals surface area contributed by atoms with Crippen molar-refractivity contribution in [3.63, 3.8) is 0 Å². The van der Waals surface area contributed by atoms with Crippen LogP contribution in [-0.2, 0) is 0 Å². The monoisotopic (exact) mass is 240 g/mol. The molecular formula is C12H20N2OS. The van der Waals surface area contributed by atoms with Crippen molar-refractivity contribution in [2.24, 2.45) is 5.92 Å². The number of thiazole rings is 1. The average molecular weight is 240 g/mol. The van der Waals surface area contributed by atoms with E-state index in [0.29, 0.717) is 6.04 Å². The Kier molecular flexibility index (Phi) is 3.22. The zero-order chi connectivity index (χ0) is 11.9. The Morgan fingerprint density at radius 2 is 2.06 bits per heavy atom. The molecule has 2 rings (SSSR count). The SMILES string of the molecule is Cc1nc(N(C)C(C)C2CC2)sc1C(C)O. The van der Waals surface area contributed by atoms with E-state index in [4.69, 9.17) is 0 Å². The Hall–Kier alpha value is -0.610. The van der Waals surface area contributed by atoms with Crippen LogP contribution < -0.4 is 4.90 Å². The molecule has 0 amide bonds. The summed E-state index contributed by atoms with van der Waals surface area (Å²) in [6, 6.07) is 0.562. The minimum Gasteiger partial charge on any atom is -0.388 e. The molecule has 1 aromatic heterocycles. The van der Waals surface area contributed by atoms with E-state index in [2.05, 4.69) is 23.9 Å². The predicted octanol–water partition coefficient (Wildman–Crippen LogP) is 2.74. The summed E-state index contributed by atoms with van der Waals surface area (Å²) in [6.45, 7) is 6.03. The summed E-state index contributed by atoms with van der Waals surface area (Å²) < 4.78 is 0. The summed E-state index contributed by atoms with van der Waals surface area (Å²) in [6.07, 6.45) is 2.29.